The second-order valence-electron chi connectivity index (χ2n) is 3.24. The topological polar surface area (TPSA) is 37.8 Å². The van der Waals surface area contributed by atoms with Gasteiger partial charge in [-0.25, -0.2) is 9.97 Å². The van der Waals surface area contributed by atoms with Gasteiger partial charge in [0, 0.05) is 12.7 Å². The van der Waals surface area contributed by atoms with Gasteiger partial charge in [-0.2, -0.15) is 24.9 Å². The number of halogens is 3. The van der Waals surface area contributed by atoms with E-state index in [2.05, 4.69) is 22.2 Å². The summed E-state index contributed by atoms with van der Waals surface area (Å²) in [6.45, 7) is 2.64. The smallest absolute Gasteiger partial charge is 0.354 e. The Kier molecular flexibility index (Phi) is 5.54. The molecule has 1 rings (SSSR count). The van der Waals surface area contributed by atoms with Gasteiger partial charge in [-0.1, -0.05) is 6.92 Å². The number of anilines is 1. The highest BCUT2D eigenvalue weighted by atomic mass is 32.2. The van der Waals surface area contributed by atoms with Gasteiger partial charge in [0.25, 0.3) is 0 Å². The molecule has 0 bridgehead atoms. The summed E-state index contributed by atoms with van der Waals surface area (Å²) in [6.07, 6.45) is -2.44. The van der Waals surface area contributed by atoms with Gasteiger partial charge in [0.2, 0.25) is 5.95 Å². The summed E-state index contributed by atoms with van der Waals surface area (Å²) < 4.78 is 37.0. The van der Waals surface area contributed by atoms with Crippen molar-refractivity contribution in [2.24, 2.45) is 0 Å². The Hall–Kier alpha value is -0.980. The van der Waals surface area contributed by atoms with Gasteiger partial charge < -0.3 is 5.32 Å². The number of hydrogen-bond donors (Lipinski definition) is 1. The molecule has 0 aliphatic heterocycles. The van der Waals surface area contributed by atoms with Crippen LogP contribution in [0.3, 0.4) is 0 Å². The van der Waals surface area contributed by atoms with Gasteiger partial charge >= 0.3 is 6.18 Å². The molecule has 1 heterocycles. The van der Waals surface area contributed by atoms with Crippen LogP contribution in [0, 0.1) is 0 Å². The lowest BCUT2D eigenvalue weighted by Gasteiger charge is -2.08. The summed E-state index contributed by atoms with van der Waals surface area (Å²) in [5.74, 6) is 2.05. The van der Waals surface area contributed by atoms with Gasteiger partial charge in [0.05, 0.1) is 0 Å². The van der Waals surface area contributed by atoms with Crippen LogP contribution in [0.2, 0.25) is 0 Å². The molecule has 0 radical (unpaired) electrons. The molecule has 0 unspecified atom stereocenters. The summed E-state index contributed by atoms with van der Waals surface area (Å²) in [5.41, 5.74) is -0.919. The highest BCUT2D eigenvalue weighted by Gasteiger charge is 2.32. The van der Waals surface area contributed by atoms with Crippen molar-refractivity contribution in [1.82, 2.24) is 9.97 Å². The minimum Gasteiger partial charge on any atom is -0.354 e. The summed E-state index contributed by atoms with van der Waals surface area (Å²) in [5, 5.41) is 2.78. The standard InChI is InChI=1S/C10H14F3N3S/c1-2-17-7-3-5-14-9-15-6-4-8(16-9)10(11,12)13/h4,6H,2-3,5,7H2,1H3,(H,14,15,16). The Morgan fingerprint density at radius 1 is 1.41 bits per heavy atom. The molecule has 0 aliphatic carbocycles. The van der Waals surface area contributed by atoms with E-state index in [-0.39, 0.29) is 5.95 Å². The fraction of sp³-hybridized carbons (Fsp3) is 0.600. The lowest BCUT2D eigenvalue weighted by Crippen LogP contribution is -2.12. The van der Waals surface area contributed by atoms with E-state index in [1.807, 2.05) is 0 Å². The third kappa shape index (κ3) is 5.25. The van der Waals surface area contributed by atoms with Crippen molar-refractivity contribution in [3.05, 3.63) is 18.0 Å². The number of rotatable bonds is 6. The molecule has 0 amide bonds. The summed E-state index contributed by atoms with van der Waals surface area (Å²) in [6, 6.07) is 0.859. The van der Waals surface area contributed by atoms with E-state index in [1.54, 1.807) is 11.8 Å². The zero-order chi connectivity index (χ0) is 12.7. The van der Waals surface area contributed by atoms with Crippen LogP contribution >= 0.6 is 11.8 Å². The molecule has 0 aromatic carbocycles. The third-order valence-corrected chi connectivity index (χ3v) is 2.88. The zero-order valence-corrected chi connectivity index (χ0v) is 10.2. The first-order valence-electron chi connectivity index (χ1n) is 5.26. The van der Waals surface area contributed by atoms with Gasteiger partial charge in [0.15, 0.2) is 0 Å². The molecule has 0 saturated carbocycles. The molecule has 1 N–H and O–H groups in total. The molecular weight excluding hydrogens is 251 g/mol. The fourth-order valence-electron chi connectivity index (χ4n) is 1.12. The first kappa shape index (κ1) is 14.1. The molecule has 0 fully saturated rings. The number of nitrogens with one attached hydrogen (secondary N) is 1. The summed E-state index contributed by atoms with van der Waals surface area (Å²) in [4.78, 5) is 7.15. The van der Waals surface area contributed by atoms with Gasteiger partial charge in [-0.15, -0.1) is 0 Å². The van der Waals surface area contributed by atoms with Crippen molar-refractivity contribution in [2.75, 3.05) is 23.4 Å². The van der Waals surface area contributed by atoms with E-state index >= 15 is 0 Å². The predicted octanol–water partition coefficient (Wildman–Crippen LogP) is 3.05. The summed E-state index contributed by atoms with van der Waals surface area (Å²) >= 11 is 1.79. The second kappa shape index (κ2) is 6.68. The Labute approximate surface area is 102 Å². The van der Waals surface area contributed by atoms with Crippen molar-refractivity contribution in [3.63, 3.8) is 0 Å². The molecule has 0 atom stereocenters. The normalized spacial score (nSPS) is 11.5. The van der Waals surface area contributed by atoms with Gasteiger partial charge in [-0.05, 0) is 24.0 Å². The van der Waals surface area contributed by atoms with Crippen LogP contribution < -0.4 is 5.32 Å². The minimum absolute atomic E-state index is 0.0290. The highest BCUT2D eigenvalue weighted by Crippen LogP contribution is 2.27. The first-order valence-corrected chi connectivity index (χ1v) is 6.41. The Bertz CT molecular complexity index is 344. The van der Waals surface area contributed by atoms with Crippen LogP contribution in [0.5, 0.6) is 0 Å². The van der Waals surface area contributed by atoms with Crippen molar-refractivity contribution in [1.29, 1.82) is 0 Å². The molecule has 96 valence electrons. The van der Waals surface area contributed by atoms with E-state index < -0.39 is 11.9 Å². The van der Waals surface area contributed by atoms with E-state index in [1.165, 1.54) is 0 Å². The van der Waals surface area contributed by atoms with Crippen LogP contribution in [0.1, 0.15) is 19.0 Å². The monoisotopic (exact) mass is 265 g/mol. The largest absolute Gasteiger partial charge is 0.433 e. The van der Waals surface area contributed by atoms with Crippen LogP contribution in [0.15, 0.2) is 12.3 Å². The van der Waals surface area contributed by atoms with Gasteiger partial charge in [-0.3, -0.25) is 0 Å². The van der Waals surface area contributed by atoms with Crippen molar-refractivity contribution in [2.45, 2.75) is 19.5 Å². The SMILES string of the molecule is CCSCCCNc1nccc(C(F)(F)F)n1. The predicted molar refractivity (Wildman–Crippen MR) is 63.1 cm³/mol. The number of thioether (sulfide) groups is 1. The maximum Gasteiger partial charge on any atom is 0.433 e. The fourth-order valence-corrected chi connectivity index (χ4v) is 1.76. The lowest BCUT2D eigenvalue weighted by atomic mass is 10.4. The molecule has 1 aromatic rings. The first-order chi connectivity index (χ1) is 8.04. The maximum atomic E-state index is 12.3. The number of nitrogens with zero attached hydrogens (tertiary/aromatic N) is 2. The molecular formula is C10H14F3N3S. The number of alkyl halides is 3. The second-order valence-corrected chi connectivity index (χ2v) is 4.63. The average Bonchev–Trinajstić information content (AvgIpc) is 2.28. The Balaban J connectivity index is 2.44. The van der Waals surface area contributed by atoms with Crippen LogP contribution in [0.4, 0.5) is 19.1 Å². The highest BCUT2D eigenvalue weighted by molar-refractivity contribution is 7.99. The molecule has 3 nitrogen and oxygen atoms in total. The van der Waals surface area contributed by atoms with Crippen molar-refractivity contribution < 1.29 is 13.2 Å². The summed E-state index contributed by atoms with van der Waals surface area (Å²) in [7, 11) is 0. The molecule has 0 saturated heterocycles. The molecule has 17 heavy (non-hydrogen) atoms. The van der Waals surface area contributed by atoms with Crippen LogP contribution in [-0.4, -0.2) is 28.0 Å². The van der Waals surface area contributed by atoms with Crippen LogP contribution in [-0.2, 0) is 6.18 Å². The van der Waals surface area contributed by atoms with Crippen molar-refractivity contribution >= 4 is 17.7 Å². The molecule has 0 spiro atoms. The average molecular weight is 265 g/mol. The Morgan fingerprint density at radius 3 is 2.82 bits per heavy atom. The van der Waals surface area contributed by atoms with Crippen molar-refractivity contribution in [3.8, 4) is 0 Å². The number of hydrogen-bond acceptors (Lipinski definition) is 4. The third-order valence-electron chi connectivity index (χ3n) is 1.90. The maximum absolute atomic E-state index is 12.3. The molecule has 7 heteroatoms. The van der Waals surface area contributed by atoms with E-state index in [0.29, 0.717) is 6.54 Å². The molecule has 1 aromatic heterocycles. The van der Waals surface area contributed by atoms with Gasteiger partial charge in [0.1, 0.15) is 5.69 Å². The Morgan fingerprint density at radius 2 is 2.18 bits per heavy atom. The van der Waals surface area contributed by atoms with E-state index in [9.17, 15) is 13.2 Å². The number of aromatic nitrogens is 2. The molecule has 0 aliphatic rings. The van der Waals surface area contributed by atoms with Crippen LogP contribution in [0.25, 0.3) is 0 Å². The zero-order valence-electron chi connectivity index (χ0n) is 9.42. The quantitative estimate of drug-likeness (QED) is 0.802. The lowest BCUT2D eigenvalue weighted by molar-refractivity contribution is -0.141. The van der Waals surface area contributed by atoms with E-state index in [4.69, 9.17) is 0 Å². The van der Waals surface area contributed by atoms with E-state index in [0.717, 1.165) is 30.2 Å². The minimum atomic E-state index is -4.42.